The number of tetrazole rings is 1. The number of ether oxygens (including phenoxy) is 2. The molecule has 0 bridgehead atoms. The second-order valence-corrected chi connectivity index (χ2v) is 9.29. The van der Waals surface area contributed by atoms with Crippen LogP contribution in [0.15, 0.2) is 71.7 Å². The van der Waals surface area contributed by atoms with E-state index in [0.717, 1.165) is 33.7 Å². The zero-order valence-electron chi connectivity index (χ0n) is 21.1. The minimum atomic E-state index is -0.405. The van der Waals surface area contributed by atoms with Crippen LogP contribution in [0.4, 0.5) is 0 Å². The molecule has 5 rings (SSSR count). The molecule has 0 saturated heterocycles. The van der Waals surface area contributed by atoms with E-state index in [9.17, 15) is 4.79 Å². The minimum Gasteiger partial charge on any atom is -0.497 e. The van der Waals surface area contributed by atoms with Gasteiger partial charge in [-0.2, -0.15) is 15.3 Å². The summed E-state index contributed by atoms with van der Waals surface area (Å²) < 4.78 is 12.4. The summed E-state index contributed by atoms with van der Waals surface area (Å²) >= 11 is 1.40. The molecule has 192 valence electrons. The maximum atomic E-state index is 13.1. The Morgan fingerprint density at radius 2 is 1.82 bits per heavy atom. The summed E-state index contributed by atoms with van der Waals surface area (Å²) in [5.74, 6) is 1.14. The molecule has 0 aliphatic carbocycles. The number of nitrogens with zero attached hydrogens (tertiary/aromatic N) is 6. The van der Waals surface area contributed by atoms with E-state index in [4.69, 9.17) is 9.47 Å². The largest absolute Gasteiger partial charge is 0.497 e. The third kappa shape index (κ3) is 5.23. The lowest BCUT2D eigenvalue weighted by atomic mass is 9.98. The number of carbonyl (C=O) groups is 1. The highest BCUT2D eigenvalue weighted by Gasteiger charge is 2.15. The van der Waals surface area contributed by atoms with Crippen LogP contribution in [0, 0.1) is 0 Å². The van der Waals surface area contributed by atoms with Crippen LogP contribution >= 0.6 is 11.3 Å². The zero-order chi connectivity index (χ0) is 26.5. The Labute approximate surface area is 222 Å². The number of hydrogen-bond donors (Lipinski definition) is 1. The van der Waals surface area contributed by atoms with Gasteiger partial charge in [0, 0.05) is 11.6 Å². The molecule has 0 spiro atoms. The number of rotatable bonds is 8. The molecule has 0 fully saturated rings. The highest BCUT2D eigenvalue weighted by Crippen LogP contribution is 2.30. The molecule has 38 heavy (non-hydrogen) atoms. The molecule has 10 nitrogen and oxygen atoms in total. The first kappa shape index (κ1) is 25.0. The van der Waals surface area contributed by atoms with Crippen LogP contribution < -0.4 is 14.3 Å². The monoisotopic (exact) mass is 527 g/mol. The SMILES string of the molecule is CCc1nn(Cc2ccc(-c3ccccc3-c3nn[nH]n3)cc2)c(=NC(=O)c2ccc(OC)cc2OC)s1. The van der Waals surface area contributed by atoms with Gasteiger partial charge in [-0.05, 0) is 40.5 Å². The second kappa shape index (κ2) is 11.2. The lowest BCUT2D eigenvalue weighted by Gasteiger charge is -2.09. The molecule has 0 unspecified atom stereocenters. The number of benzene rings is 3. The molecule has 11 heteroatoms. The summed E-state index contributed by atoms with van der Waals surface area (Å²) in [7, 11) is 3.07. The molecular weight excluding hydrogens is 502 g/mol. The van der Waals surface area contributed by atoms with Crippen LogP contribution in [0.5, 0.6) is 11.5 Å². The van der Waals surface area contributed by atoms with E-state index >= 15 is 0 Å². The maximum Gasteiger partial charge on any atom is 0.283 e. The molecule has 3 aromatic carbocycles. The molecule has 2 aromatic heterocycles. The number of amides is 1. The molecule has 1 amide bonds. The van der Waals surface area contributed by atoms with Gasteiger partial charge in [0.25, 0.3) is 5.91 Å². The molecule has 1 N–H and O–H groups in total. The Hall–Kier alpha value is -4.64. The van der Waals surface area contributed by atoms with Crippen molar-refractivity contribution in [2.45, 2.75) is 19.9 Å². The predicted molar refractivity (Wildman–Crippen MR) is 143 cm³/mol. The Kier molecular flexibility index (Phi) is 7.36. The van der Waals surface area contributed by atoms with E-state index in [-0.39, 0.29) is 0 Å². The number of aromatic amines is 1. The van der Waals surface area contributed by atoms with Crippen molar-refractivity contribution >= 4 is 17.2 Å². The normalized spacial score (nSPS) is 11.5. The van der Waals surface area contributed by atoms with Crippen LogP contribution in [0.1, 0.15) is 27.9 Å². The van der Waals surface area contributed by atoms with Gasteiger partial charge in [-0.1, -0.05) is 66.8 Å². The van der Waals surface area contributed by atoms with Gasteiger partial charge >= 0.3 is 0 Å². The number of aryl methyl sites for hydroxylation is 1. The van der Waals surface area contributed by atoms with E-state index in [1.54, 1.807) is 30.0 Å². The van der Waals surface area contributed by atoms with E-state index in [1.165, 1.54) is 18.4 Å². The fourth-order valence-corrected chi connectivity index (χ4v) is 4.81. The Morgan fingerprint density at radius 3 is 2.50 bits per heavy atom. The van der Waals surface area contributed by atoms with E-state index in [0.29, 0.717) is 34.2 Å². The number of aromatic nitrogens is 6. The summed E-state index contributed by atoms with van der Waals surface area (Å²) in [5, 5.41) is 20.0. The lowest BCUT2D eigenvalue weighted by molar-refractivity contribution is 0.0994. The molecule has 2 heterocycles. The maximum absolute atomic E-state index is 13.1. The van der Waals surface area contributed by atoms with Gasteiger partial charge in [0.15, 0.2) is 0 Å². The summed E-state index contributed by atoms with van der Waals surface area (Å²) in [5.41, 5.74) is 4.30. The van der Waals surface area contributed by atoms with Crippen molar-refractivity contribution in [3.8, 4) is 34.0 Å². The van der Waals surface area contributed by atoms with Crippen molar-refractivity contribution in [1.82, 2.24) is 30.4 Å². The summed E-state index contributed by atoms with van der Waals surface area (Å²) in [6.45, 7) is 2.49. The fraction of sp³-hybridized carbons (Fsp3) is 0.185. The van der Waals surface area contributed by atoms with Crippen LogP contribution in [-0.2, 0) is 13.0 Å². The second-order valence-electron chi connectivity index (χ2n) is 8.25. The van der Waals surface area contributed by atoms with Crippen LogP contribution in [0.2, 0.25) is 0 Å². The topological polar surface area (TPSA) is 120 Å². The Morgan fingerprint density at radius 1 is 1.03 bits per heavy atom. The van der Waals surface area contributed by atoms with Crippen molar-refractivity contribution in [1.29, 1.82) is 0 Å². The van der Waals surface area contributed by atoms with Crippen molar-refractivity contribution in [3.63, 3.8) is 0 Å². The average molecular weight is 528 g/mol. The van der Waals surface area contributed by atoms with Gasteiger partial charge in [-0.3, -0.25) is 4.79 Å². The lowest BCUT2D eigenvalue weighted by Crippen LogP contribution is -2.19. The van der Waals surface area contributed by atoms with Gasteiger partial charge in [0.1, 0.15) is 16.5 Å². The van der Waals surface area contributed by atoms with Gasteiger partial charge in [-0.25, -0.2) is 4.68 Å². The first-order chi connectivity index (χ1) is 18.6. The van der Waals surface area contributed by atoms with Crippen molar-refractivity contribution in [3.05, 3.63) is 87.7 Å². The van der Waals surface area contributed by atoms with Gasteiger partial charge in [-0.15, -0.1) is 10.2 Å². The highest BCUT2D eigenvalue weighted by atomic mass is 32.1. The predicted octanol–water partition coefficient (Wildman–Crippen LogP) is 4.16. The molecule has 0 aliphatic heterocycles. The number of H-pyrrole nitrogens is 1. The van der Waals surface area contributed by atoms with Crippen molar-refractivity contribution < 1.29 is 14.3 Å². The van der Waals surface area contributed by atoms with Crippen LogP contribution in [0.25, 0.3) is 22.5 Å². The molecular formula is C27H25N7O3S. The van der Waals surface area contributed by atoms with Gasteiger partial charge in [0.05, 0.1) is 26.3 Å². The van der Waals surface area contributed by atoms with Crippen molar-refractivity contribution in [2.24, 2.45) is 4.99 Å². The Balaban J connectivity index is 1.43. The molecule has 5 aromatic rings. The van der Waals surface area contributed by atoms with Crippen LogP contribution in [-0.4, -0.2) is 50.5 Å². The quantitative estimate of drug-likeness (QED) is 0.322. The summed E-state index contributed by atoms with van der Waals surface area (Å²) in [6.07, 6.45) is 0.742. The smallest absolute Gasteiger partial charge is 0.283 e. The fourth-order valence-electron chi connectivity index (χ4n) is 3.97. The third-order valence-corrected chi connectivity index (χ3v) is 7.00. The van der Waals surface area contributed by atoms with Gasteiger partial charge in [0.2, 0.25) is 10.6 Å². The number of nitrogens with one attached hydrogen (secondary N) is 1. The average Bonchev–Trinajstić information content (AvgIpc) is 3.63. The summed E-state index contributed by atoms with van der Waals surface area (Å²) in [4.78, 5) is 18.0. The number of hydrogen-bond acceptors (Lipinski definition) is 8. The van der Waals surface area contributed by atoms with E-state index < -0.39 is 5.91 Å². The third-order valence-electron chi connectivity index (χ3n) is 5.91. The highest BCUT2D eigenvalue weighted by molar-refractivity contribution is 7.08. The molecule has 0 saturated carbocycles. The first-order valence-corrected chi connectivity index (χ1v) is 12.7. The Bertz CT molecular complexity index is 1620. The van der Waals surface area contributed by atoms with E-state index in [2.05, 4.69) is 30.7 Å². The standard InChI is InChI=1S/C27H25N7O3S/c1-4-24-31-34(27(38-24)28-26(35)22-14-13-19(36-2)15-23(22)37-3)16-17-9-11-18(12-10-17)20-7-5-6-8-21(20)25-29-32-33-30-25/h5-15H,4,16H2,1-3H3,(H,29,30,32,33). The van der Waals surface area contributed by atoms with Gasteiger partial charge < -0.3 is 9.47 Å². The number of methoxy groups -OCH3 is 2. The minimum absolute atomic E-state index is 0.357. The first-order valence-electron chi connectivity index (χ1n) is 11.9. The summed E-state index contributed by atoms with van der Waals surface area (Å²) in [6, 6.07) is 21.1. The number of carbonyl (C=O) groups excluding carboxylic acids is 1. The molecule has 0 atom stereocenters. The zero-order valence-corrected chi connectivity index (χ0v) is 21.9. The van der Waals surface area contributed by atoms with Crippen LogP contribution in [0.3, 0.4) is 0 Å². The molecule has 0 aliphatic rings. The van der Waals surface area contributed by atoms with Crippen molar-refractivity contribution in [2.75, 3.05) is 14.2 Å². The van der Waals surface area contributed by atoms with E-state index in [1.807, 2.05) is 55.5 Å². The molecule has 0 radical (unpaired) electrons.